The molecule has 1 amide bonds. The van der Waals surface area contributed by atoms with Crippen LogP contribution in [0.25, 0.3) is 0 Å². The number of morpholine rings is 1. The van der Waals surface area contributed by atoms with Gasteiger partial charge < -0.3 is 14.2 Å². The molecule has 0 N–H and O–H groups in total. The predicted molar refractivity (Wildman–Crippen MR) is 91.4 cm³/mol. The zero-order chi connectivity index (χ0) is 17.6. The number of ether oxygens (including phenoxy) is 1. The fraction of sp³-hybridized carbons (Fsp3) is 0.526. The van der Waals surface area contributed by atoms with Gasteiger partial charge in [-0.3, -0.25) is 4.79 Å². The third-order valence-corrected chi connectivity index (χ3v) is 5.12. The van der Waals surface area contributed by atoms with Gasteiger partial charge in [0.1, 0.15) is 0 Å². The van der Waals surface area contributed by atoms with E-state index in [0.29, 0.717) is 24.8 Å². The standard InChI is InChI=1S/C19H23N3O3/c1-11-7-8-16(15-6-4-5-14(11)15)19(23)22-9-12(2)24-17(10-22)18-20-13(3)21-25-18/h7-8,12,17H,4-6,9-10H2,1-3H3/t12-,17-/m1/s1. The average molecular weight is 341 g/mol. The number of fused-ring (bicyclic) bond motifs is 1. The van der Waals surface area contributed by atoms with Crippen LogP contribution in [0.4, 0.5) is 0 Å². The SMILES string of the molecule is Cc1noc([C@H]2CN(C(=O)c3ccc(C)c4c3CCC4)C[C@@H](C)O2)n1. The van der Waals surface area contributed by atoms with E-state index in [1.165, 1.54) is 16.7 Å². The van der Waals surface area contributed by atoms with E-state index in [9.17, 15) is 4.79 Å². The molecule has 1 aliphatic heterocycles. The highest BCUT2D eigenvalue weighted by atomic mass is 16.5. The Morgan fingerprint density at radius 2 is 2.00 bits per heavy atom. The van der Waals surface area contributed by atoms with E-state index in [1.54, 1.807) is 6.92 Å². The molecule has 0 saturated carbocycles. The molecular formula is C19H23N3O3. The van der Waals surface area contributed by atoms with Crippen molar-refractivity contribution >= 4 is 5.91 Å². The third kappa shape index (κ3) is 2.95. The molecule has 1 aromatic heterocycles. The summed E-state index contributed by atoms with van der Waals surface area (Å²) in [7, 11) is 0. The molecule has 0 bridgehead atoms. The van der Waals surface area contributed by atoms with E-state index in [0.717, 1.165) is 24.8 Å². The maximum absolute atomic E-state index is 13.2. The second-order valence-corrected chi connectivity index (χ2v) is 7.07. The summed E-state index contributed by atoms with van der Waals surface area (Å²) in [6.07, 6.45) is 2.75. The number of aryl methyl sites for hydroxylation is 2. The number of hydrogen-bond acceptors (Lipinski definition) is 5. The van der Waals surface area contributed by atoms with Gasteiger partial charge in [0.2, 0.25) is 0 Å². The lowest BCUT2D eigenvalue weighted by Gasteiger charge is -2.35. The molecule has 0 unspecified atom stereocenters. The minimum Gasteiger partial charge on any atom is -0.362 e. The lowest BCUT2D eigenvalue weighted by atomic mass is 9.97. The Balaban J connectivity index is 1.61. The van der Waals surface area contributed by atoms with E-state index in [-0.39, 0.29) is 18.1 Å². The van der Waals surface area contributed by atoms with Crippen LogP contribution in [0.5, 0.6) is 0 Å². The summed E-state index contributed by atoms with van der Waals surface area (Å²) < 4.78 is 11.2. The number of aromatic nitrogens is 2. The number of nitrogens with zero attached hydrogens (tertiary/aromatic N) is 3. The van der Waals surface area contributed by atoms with Gasteiger partial charge in [0.05, 0.1) is 12.6 Å². The molecule has 6 nitrogen and oxygen atoms in total. The van der Waals surface area contributed by atoms with Gasteiger partial charge in [-0.15, -0.1) is 0 Å². The predicted octanol–water partition coefficient (Wildman–Crippen LogP) is 2.78. The maximum atomic E-state index is 13.2. The smallest absolute Gasteiger partial charge is 0.257 e. The van der Waals surface area contributed by atoms with Crippen LogP contribution >= 0.6 is 0 Å². The number of hydrogen-bond donors (Lipinski definition) is 0. The van der Waals surface area contributed by atoms with Gasteiger partial charge in [0, 0.05) is 12.1 Å². The van der Waals surface area contributed by atoms with Crippen molar-refractivity contribution in [2.24, 2.45) is 0 Å². The second-order valence-electron chi connectivity index (χ2n) is 7.07. The van der Waals surface area contributed by atoms with Gasteiger partial charge in [-0.1, -0.05) is 11.2 Å². The summed E-state index contributed by atoms with van der Waals surface area (Å²) in [5, 5.41) is 3.83. The number of carbonyl (C=O) groups excluding carboxylic acids is 1. The fourth-order valence-electron chi connectivity index (χ4n) is 3.95. The highest BCUT2D eigenvalue weighted by Gasteiger charge is 2.34. The van der Waals surface area contributed by atoms with Crippen molar-refractivity contribution < 1.29 is 14.1 Å². The molecule has 25 heavy (non-hydrogen) atoms. The lowest BCUT2D eigenvalue weighted by molar-refractivity contribution is -0.0810. The van der Waals surface area contributed by atoms with Crippen LogP contribution in [0.1, 0.15) is 58.2 Å². The molecule has 132 valence electrons. The third-order valence-electron chi connectivity index (χ3n) is 5.12. The first-order valence-corrected chi connectivity index (χ1v) is 8.89. The molecular weight excluding hydrogens is 318 g/mol. The van der Waals surface area contributed by atoms with E-state index in [4.69, 9.17) is 9.26 Å². The Kier molecular flexibility index (Phi) is 4.07. The second kappa shape index (κ2) is 6.26. The van der Waals surface area contributed by atoms with Gasteiger partial charge in [0.15, 0.2) is 11.9 Å². The van der Waals surface area contributed by atoms with Crippen molar-refractivity contribution in [1.29, 1.82) is 0 Å². The number of benzene rings is 1. The molecule has 2 atom stereocenters. The van der Waals surface area contributed by atoms with Gasteiger partial charge >= 0.3 is 0 Å². The lowest BCUT2D eigenvalue weighted by Crippen LogP contribution is -2.46. The van der Waals surface area contributed by atoms with Crippen LogP contribution in [0.15, 0.2) is 16.7 Å². The van der Waals surface area contributed by atoms with Crippen molar-refractivity contribution in [3.8, 4) is 0 Å². The van der Waals surface area contributed by atoms with E-state index >= 15 is 0 Å². The Morgan fingerprint density at radius 1 is 1.20 bits per heavy atom. The minimum absolute atomic E-state index is 0.0756. The number of carbonyl (C=O) groups is 1. The first kappa shape index (κ1) is 16.3. The monoisotopic (exact) mass is 341 g/mol. The molecule has 2 aromatic rings. The Bertz CT molecular complexity index is 814. The highest BCUT2D eigenvalue weighted by Crippen LogP contribution is 2.31. The van der Waals surface area contributed by atoms with Crippen molar-refractivity contribution in [1.82, 2.24) is 15.0 Å². The zero-order valence-electron chi connectivity index (χ0n) is 14.9. The molecule has 1 fully saturated rings. The molecule has 1 aliphatic carbocycles. The first-order chi connectivity index (χ1) is 12.0. The molecule has 1 aromatic carbocycles. The molecule has 0 spiro atoms. The van der Waals surface area contributed by atoms with Gasteiger partial charge in [-0.05, 0) is 62.8 Å². The summed E-state index contributed by atoms with van der Waals surface area (Å²) in [5.41, 5.74) is 4.72. The van der Waals surface area contributed by atoms with Gasteiger partial charge in [0.25, 0.3) is 11.8 Å². The molecule has 6 heteroatoms. The molecule has 4 rings (SSSR count). The van der Waals surface area contributed by atoms with Crippen molar-refractivity contribution in [2.75, 3.05) is 13.1 Å². The first-order valence-electron chi connectivity index (χ1n) is 8.89. The summed E-state index contributed by atoms with van der Waals surface area (Å²) in [6.45, 7) is 6.88. The minimum atomic E-state index is -0.368. The highest BCUT2D eigenvalue weighted by molar-refractivity contribution is 5.96. The van der Waals surface area contributed by atoms with E-state index < -0.39 is 0 Å². The Labute approximate surface area is 147 Å². The van der Waals surface area contributed by atoms with Gasteiger partial charge in [-0.25, -0.2) is 0 Å². The molecule has 2 heterocycles. The summed E-state index contributed by atoms with van der Waals surface area (Å²) in [6, 6.07) is 4.05. The number of rotatable bonds is 2. The fourth-order valence-corrected chi connectivity index (χ4v) is 3.95. The Hall–Kier alpha value is -2.21. The topological polar surface area (TPSA) is 68.5 Å². The molecule has 2 aliphatic rings. The van der Waals surface area contributed by atoms with Crippen LogP contribution in [0.3, 0.4) is 0 Å². The van der Waals surface area contributed by atoms with Crippen LogP contribution in [-0.2, 0) is 17.6 Å². The summed E-state index contributed by atoms with van der Waals surface area (Å²) in [5.74, 6) is 1.09. The summed E-state index contributed by atoms with van der Waals surface area (Å²) in [4.78, 5) is 19.3. The van der Waals surface area contributed by atoms with Crippen molar-refractivity contribution in [2.45, 2.75) is 52.2 Å². The summed E-state index contributed by atoms with van der Waals surface area (Å²) >= 11 is 0. The largest absolute Gasteiger partial charge is 0.362 e. The Morgan fingerprint density at radius 3 is 2.76 bits per heavy atom. The molecule has 1 saturated heterocycles. The van der Waals surface area contributed by atoms with E-state index in [1.807, 2.05) is 17.9 Å². The van der Waals surface area contributed by atoms with E-state index in [2.05, 4.69) is 23.1 Å². The average Bonchev–Trinajstić information content (AvgIpc) is 3.23. The van der Waals surface area contributed by atoms with Crippen molar-refractivity contribution in [3.63, 3.8) is 0 Å². The van der Waals surface area contributed by atoms with Crippen LogP contribution < -0.4 is 0 Å². The van der Waals surface area contributed by atoms with Gasteiger partial charge in [-0.2, -0.15) is 4.98 Å². The van der Waals surface area contributed by atoms with Crippen LogP contribution in [0, 0.1) is 13.8 Å². The number of amides is 1. The van der Waals surface area contributed by atoms with Crippen LogP contribution in [0.2, 0.25) is 0 Å². The quantitative estimate of drug-likeness (QED) is 0.840. The normalized spacial score (nSPS) is 22.9. The molecule has 0 radical (unpaired) electrons. The zero-order valence-corrected chi connectivity index (χ0v) is 14.9. The maximum Gasteiger partial charge on any atom is 0.257 e. The van der Waals surface area contributed by atoms with Crippen LogP contribution in [-0.4, -0.2) is 40.1 Å². The van der Waals surface area contributed by atoms with Crippen molar-refractivity contribution in [3.05, 3.63) is 46.1 Å².